The second kappa shape index (κ2) is 8.88. The number of alkyl halides is 3. The summed E-state index contributed by atoms with van der Waals surface area (Å²) in [6.45, 7) is 4.68. The van der Waals surface area contributed by atoms with Gasteiger partial charge in [0.25, 0.3) is 0 Å². The van der Waals surface area contributed by atoms with Crippen molar-refractivity contribution in [2.75, 3.05) is 50.7 Å². The summed E-state index contributed by atoms with van der Waals surface area (Å²) >= 11 is 0. The monoisotopic (exact) mass is 372 g/mol. The SMILES string of the molecule is CC(=O)NCCNC(=O)CN1CCN(c2cccc(C(F)(F)F)c2)CC1. The van der Waals surface area contributed by atoms with Crippen LogP contribution in [0.5, 0.6) is 0 Å². The third kappa shape index (κ3) is 6.21. The first-order chi connectivity index (χ1) is 12.3. The minimum absolute atomic E-state index is 0.136. The van der Waals surface area contributed by atoms with Crippen molar-refractivity contribution in [2.45, 2.75) is 13.1 Å². The molecule has 2 amide bonds. The number of nitrogens with zero attached hydrogens (tertiary/aromatic N) is 2. The van der Waals surface area contributed by atoms with Gasteiger partial charge in [0.1, 0.15) is 0 Å². The summed E-state index contributed by atoms with van der Waals surface area (Å²) in [7, 11) is 0. The van der Waals surface area contributed by atoms with Crippen LogP contribution >= 0.6 is 0 Å². The molecule has 1 saturated heterocycles. The Labute approximate surface area is 150 Å². The number of hydrogen-bond acceptors (Lipinski definition) is 4. The third-order valence-electron chi connectivity index (χ3n) is 4.10. The van der Waals surface area contributed by atoms with Crippen LogP contribution in [-0.4, -0.2) is 62.5 Å². The zero-order valence-electron chi connectivity index (χ0n) is 14.6. The maximum absolute atomic E-state index is 12.8. The summed E-state index contributed by atoms with van der Waals surface area (Å²) in [5, 5.41) is 5.31. The molecular weight excluding hydrogens is 349 g/mol. The lowest BCUT2D eigenvalue weighted by Crippen LogP contribution is -2.50. The Hall–Kier alpha value is -2.29. The van der Waals surface area contributed by atoms with Crippen LogP contribution in [0.3, 0.4) is 0 Å². The fourth-order valence-electron chi connectivity index (χ4n) is 2.74. The summed E-state index contributed by atoms with van der Waals surface area (Å²) < 4.78 is 38.5. The van der Waals surface area contributed by atoms with Crippen LogP contribution in [0.4, 0.5) is 18.9 Å². The van der Waals surface area contributed by atoms with E-state index in [1.54, 1.807) is 6.07 Å². The molecule has 0 bridgehead atoms. The van der Waals surface area contributed by atoms with Crippen molar-refractivity contribution < 1.29 is 22.8 Å². The molecule has 0 atom stereocenters. The molecule has 0 spiro atoms. The molecule has 0 unspecified atom stereocenters. The smallest absolute Gasteiger partial charge is 0.369 e. The Kier molecular flexibility index (Phi) is 6.84. The van der Waals surface area contributed by atoms with Gasteiger partial charge in [-0.15, -0.1) is 0 Å². The molecule has 0 saturated carbocycles. The van der Waals surface area contributed by atoms with Gasteiger partial charge in [-0.3, -0.25) is 14.5 Å². The van der Waals surface area contributed by atoms with Crippen molar-refractivity contribution in [3.05, 3.63) is 29.8 Å². The number of rotatable bonds is 6. The van der Waals surface area contributed by atoms with Crippen LogP contribution in [-0.2, 0) is 15.8 Å². The first kappa shape index (κ1) is 20.0. The number of hydrogen-bond donors (Lipinski definition) is 2. The molecule has 6 nitrogen and oxygen atoms in total. The van der Waals surface area contributed by atoms with Gasteiger partial charge in [-0.05, 0) is 18.2 Å². The molecule has 1 fully saturated rings. The topological polar surface area (TPSA) is 64.7 Å². The number of halogens is 3. The van der Waals surface area contributed by atoms with E-state index < -0.39 is 11.7 Å². The average Bonchev–Trinajstić information content (AvgIpc) is 2.59. The predicted molar refractivity (Wildman–Crippen MR) is 91.8 cm³/mol. The van der Waals surface area contributed by atoms with E-state index >= 15 is 0 Å². The summed E-state index contributed by atoms with van der Waals surface area (Å²) in [6.07, 6.45) is -4.35. The maximum atomic E-state index is 12.8. The van der Waals surface area contributed by atoms with Gasteiger partial charge in [0.05, 0.1) is 12.1 Å². The van der Waals surface area contributed by atoms with E-state index in [2.05, 4.69) is 10.6 Å². The van der Waals surface area contributed by atoms with Crippen LogP contribution in [0.15, 0.2) is 24.3 Å². The maximum Gasteiger partial charge on any atom is 0.416 e. The Bertz CT molecular complexity index is 629. The van der Waals surface area contributed by atoms with Gasteiger partial charge >= 0.3 is 6.18 Å². The summed E-state index contributed by atoms with van der Waals surface area (Å²) in [5.41, 5.74) is -0.116. The minimum atomic E-state index is -4.35. The molecule has 1 aromatic carbocycles. The van der Waals surface area contributed by atoms with Crippen molar-refractivity contribution in [2.24, 2.45) is 0 Å². The van der Waals surface area contributed by atoms with Gasteiger partial charge in [0.15, 0.2) is 0 Å². The molecule has 1 heterocycles. The third-order valence-corrected chi connectivity index (χ3v) is 4.10. The van der Waals surface area contributed by atoms with Crippen LogP contribution in [0.2, 0.25) is 0 Å². The van der Waals surface area contributed by atoms with Gasteiger partial charge in [0, 0.05) is 51.9 Å². The molecule has 26 heavy (non-hydrogen) atoms. The molecule has 1 aliphatic heterocycles. The van der Waals surface area contributed by atoms with E-state index in [9.17, 15) is 22.8 Å². The Morgan fingerprint density at radius 2 is 1.73 bits per heavy atom. The molecule has 1 aliphatic rings. The molecule has 2 N–H and O–H groups in total. The number of nitrogens with one attached hydrogen (secondary N) is 2. The predicted octanol–water partition coefficient (Wildman–Crippen LogP) is 1.08. The van der Waals surface area contributed by atoms with Crippen LogP contribution in [0, 0.1) is 0 Å². The van der Waals surface area contributed by atoms with Crippen molar-refractivity contribution in [1.82, 2.24) is 15.5 Å². The van der Waals surface area contributed by atoms with E-state index in [0.717, 1.165) is 12.1 Å². The number of piperazine rings is 1. The molecule has 9 heteroatoms. The van der Waals surface area contributed by atoms with Crippen molar-refractivity contribution in [3.8, 4) is 0 Å². The second-order valence-corrected chi connectivity index (χ2v) is 6.14. The summed E-state index contributed by atoms with van der Waals surface area (Å²) in [5.74, 6) is -0.284. The molecule has 144 valence electrons. The number of carbonyl (C=O) groups is 2. The second-order valence-electron chi connectivity index (χ2n) is 6.14. The molecule has 0 radical (unpaired) electrons. The van der Waals surface area contributed by atoms with Crippen molar-refractivity contribution in [3.63, 3.8) is 0 Å². The van der Waals surface area contributed by atoms with Crippen LogP contribution in [0.25, 0.3) is 0 Å². The largest absolute Gasteiger partial charge is 0.416 e. The lowest BCUT2D eigenvalue weighted by atomic mass is 10.1. The molecular formula is C17H23F3N4O2. The van der Waals surface area contributed by atoms with Gasteiger partial charge < -0.3 is 15.5 Å². The average molecular weight is 372 g/mol. The lowest BCUT2D eigenvalue weighted by molar-refractivity contribution is -0.137. The Morgan fingerprint density at radius 3 is 2.35 bits per heavy atom. The Balaban J connectivity index is 1.77. The standard InChI is InChI=1S/C17H23F3N4O2/c1-13(25)21-5-6-22-16(26)12-23-7-9-24(10-8-23)15-4-2-3-14(11-15)17(18,19)20/h2-4,11H,5-10,12H2,1H3,(H,21,25)(H,22,26). The van der Waals surface area contributed by atoms with E-state index in [0.29, 0.717) is 45.0 Å². The number of benzene rings is 1. The summed E-state index contributed by atoms with van der Waals surface area (Å²) in [4.78, 5) is 26.4. The van der Waals surface area contributed by atoms with Gasteiger partial charge in [-0.1, -0.05) is 6.07 Å². The van der Waals surface area contributed by atoms with Crippen molar-refractivity contribution in [1.29, 1.82) is 0 Å². The first-order valence-corrected chi connectivity index (χ1v) is 8.41. The lowest BCUT2D eigenvalue weighted by Gasteiger charge is -2.36. The van der Waals surface area contributed by atoms with Gasteiger partial charge in [-0.25, -0.2) is 0 Å². The molecule has 1 aromatic rings. The van der Waals surface area contributed by atoms with E-state index in [4.69, 9.17) is 0 Å². The minimum Gasteiger partial charge on any atom is -0.369 e. The normalized spacial score (nSPS) is 15.6. The first-order valence-electron chi connectivity index (χ1n) is 8.41. The highest BCUT2D eigenvalue weighted by molar-refractivity contribution is 5.78. The fraction of sp³-hybridized carbons (Fsp3) is 0.529. The highest BCUT2D eigenvalue weighted by Gasteiger charge is 2.31. The number of anilines is 1. The Morgan fingerprint density at radius 1 is 1.08 bits per heavy atom. The fourth-order valence-corrected chi connectivity index (χ4v) is 2.74. The molecule has 0 aromatic heterocycles. The highest BCUT2D eigenvalue weighted by Crippen LogP contribution is 2.31. The number of amides is 2. The van der Waals surface area contributed by atoms with Gasteiger partial charge in [0.2, 0.25) is 11.8 Å². The number of carbonyl (C=O) groups excluding carboxylic acids is 2. The van der Waals surface area contributed by atoms with E-state index in [-0.39, 0.29) is 18.4 Å². The zero-order chi connectivity index (χ0) is 19.2. The van der Waals surface area contributed by atoms with Crippen molar-refractivity contribution >= 4 is 17.5 Å². The zero-order valence-corrected chi connectivity index (χ0v) is 14.6. The van der Waals surface area contributed by atoms with Crippen LogP contribution < -0.4 is 15.5 Å². The molecule has 2 rings (SSSR count). The quantitative estimate of drug-likeness (QED) is 0.734. The van der Waals surface area contributed by atoms with Crippen LogP contribution in [0.1, 0.15) is 12.5 Å². The van der Waals surface area contributed by atoms with Gasteiger partial charge in [-0.2, -0.15) is 13.2 Å². The highest BCUT2D eigenvalue weighted by atomic mass is 19.4. The van der Waals surface area contributed by atoms with E-state index in [1.165, 1.54) is 13.0 Å². The summed E-state index contributed by atoms with van der Waals surface area (Å²) in [6, 6.07) is 5.29. The molecule has 0 aliphatic carbocycles. The van der Waals surface area contributed by atoms with E-state index in [1.807, 2.05) is 9.80 Å².